The van der Waals surface area contributed by atoms with E-state index in [1.54, 1.807) is 0 Å². The molecule has 26 heavy (non-hydrogen) atoms. The van der Waals surface area contributed by atoms with Crippen molar-refractivity contribution in [2.45, 2.75) is 46.2 Å². The van der Waals surface area contributed by atoms with Gasteiger partial charge in [-0.05, 0) is 27.7 Å². The summed E-state index contributed by atoms with van der Waals surface area (Å²) in [5.74, 6) is 0. The lowest BCUT2D eigenvalue weighted by Crippen LogP contribution is -2.34. The van der Waals surface area contributed by atoms with Crippen LogP contribution in [0.3, 0.4) is 0 Å². The van der Waals surface area contributed by atoms with Crippen LogP contribution in [0.1, 0.15) is 34.1 Å². The lowest BCUT2D eigenvalue weighted by atomic mass is 10.3. The molecule has 0 aliphatic carbocycles. The minimum atomic E-state index is -1.25. The third-order valence-corrected chi connectivity index (χ3v) is 5.09. The van der Waals surface area contributed by atoms with Gasteiger partial charge >= 0.3 is 6.09 Å². The van der Waals surface area contributed by atoms with Gasteiger partial charge in [-0.15, -0.1) is 0 Å². The van der Waals surface area contributed by atoms with E-state index in [0.717, 1.165) is 0 Å². The Morgan fingerprint density at radius 3 is 2.12 bits per heavy atom. The van der Waals surface area contributed by atoms with Crippen LogP contribution < -0.4 is 5.32 Å². The number of hydrogen-bond acceptors (Lipinski definition) is 7. The first-order valence-corrected chi connectivity index (χ1v) is 9.86. The Morgan fingerprint density at radius 2 is 1.58 bits per heavy atom. The van der Waals surface area contributed by atoms with E-state index in [1.807, 2.05) is 0 Å². The molecule has 9 nitrogen and oxygen atoms in total. The summed E-state index contributed by atoms with van der Waals surface area (Å²) in [5, 5.41) is 19.3. The first-order valence-electron chi connectivity index (χ1n) is 8.73. The number of carboxylic acid groups (broad SMARTS) is 1. The van der Waals surface area contributed by atoms with Crippen LogP contribution in [0.15, 0.2) is 0 Å². The van der Waals surface area contributed by atoms with Gasteiger partial charge < -0.3 is 28.9 Å². The number of hydrogen-bond donors (Lipinski definition) is 2. The second kappa shape index (κ2) is 16.2. The third kappa shape index (κ3) is 13.2. The first kappa shape index (κ1) is 25.0. The largest absolute Gasteiger partial charge is 0.465 e. The Kier molecular flexibility index (Phi) is 15.6. The van der Waals surface area contributed by atoms with Gasteiger partial charge in [0.2, 0.25) is 0 Å². The maximum Gasteiger partial charge on any atom is 0.404 e. The minimum Gasteiger partial charge on any atom is -0.465 e. The number of carbonyl (C=O) groups is 1. The summed E-state index contributed by atoms with van der Waals surface area (Å²) < 4.78 is 24.5. The van der Waals surface area contributed by atoms with Crippen LogP contribution in [0.5, 0.6) is 0 Å². The molecule has 1 amide bonds. The Morgan fingerprint density at radius 1 is 1.04 bits per heavy atom. The normalized spacial score (nSPS) is 12.5. The fourth-order valence-corrected chi connectivity index (χ4v) is 3.61. The van der Waals surface area contributed by atoms with Crippen LogP contribution >= 0.6 is 8.53 Å². The van der Waals surface area contributed by atoms with Crippen molar-refractivity contribution in [2.24, 2.45) is 0 Å². The predicted molar refractivity (Wildman–Crippen MR) is 98.8 cm³/mol. The van der Waals surface area contributed by atoms with E-state index in [0.29, 0.717) is 46.1 Å². The second-order valence-corrected chi connectivity index (χ2v) is 7.29. The predicted octanol–water partition coefficient (Wildman–Crippen LogP) is 2.58. The number of ether oxygens (including phenoxy) is 2. The number of amides is 1. The molecule has 0 rings (SSSR count). The number of nitrogens with zero attached hydrogens (tertiary/aromatic N) is 2. The number of nitriles is 1. The molecule has 0 saturated heterocycles. The SMILES string of the molecule is CC(C)N(C(C)C)P(OCCC#N)OCCOCCOCCNC(=O)O. The van der Waals surface area contributed by atoms with Gasteiger partial charge in [0.1, 0.15) is 0 Å². The van der Waals surface area contributed by atoms with Gasteiger partial charge in [-0.25, -0.2) is 9.46 Å². The molecule has 0 heterocycles. The molecule has 0 aromatic rings. The molecule has 0 aromatic heterocycles. The van der Waals surface area contributed by atoms with E-state index in [1.165, 1.54) is 0 Å². The fourth-order valence-electron chi connectivity index (χ4n) is 2.04. The third-order valence-electron chi connectivity index (χ3n) is 2.99. The molecule has 0 aromatic carbocycles. The maximum absolute atomic E-state index is 10.2. The van der Waals surface area contributed by atoms with Crippen LogP contribution in [-0.4, -0.2) is 74.1 Å². The molecule has 0 aliphatic heterocycles. The summed E-state index contributed by atoms with van der Waals surface area (Å²) in [6.45, 7) is 10.8. The van der Waals surface area contributed by atoms with Crippen LogP contribution in [0.25, 0.3) is 0 Å². The smallest absolute Gasteiger partial charge is 0.404 e. The van der Waals surface area contributed by atoms with Crippen LogP contribution in [-0.2, 0) is 18.5 Å². The molecule has 1 unspecified atom stereocenters. The topological polar surface area (TPSA) is 113 Å². The minimum absolute atomic E-state index is 0.253. The average molecular weight is 393 g/mol. The van der Waals surface area contributed by atoms with E-state index in [9.17, 15) is 4.79 Å². The van der Waals surface area contributed by atoms with Crippen molar-refractivity contribution < 1.29 is 28.4 Å². The summed E-state index contributed by atoms with van der Waals surface area (Å²) in [6, 6.07) is 2.59. The summed E-state index contributed by atoms with van der Waals surface area (Å²) in [5.41, 5.74) is 0. The lowest BCUT2D eigenvalue weighted by Gasteiger charge is -2.35. The summed E-state index contributed by atoms with van der Waals surface area (Å²) in [6.07, 6.45) is -0.733. The van der Waals surface area contributed by atoms with Crippen LogP contribution in [0, 0.1) is 11.3 Å². The molecule has 10 heteroatoms. The monoisotopic (exact) mass is 393 g/mol. The van der Waals surface area contributed by atoms with Gasteiger partial charge in [-0.1, -0.05) is 0 Å². The summed E-state index contributed by atoms with van der Waals surface area (Å²) >= 11 is 0. The molecule has 1 atom stereocenters. The van der Waals surface area contributed by atoms with Crippen molar-refractivity contribution in [3.63, 3.8) is 0 Å². The molecule has 0 saturated carbocycles. The Bertz CT molecular complexity index is 398. The van der Waals surface area contributed by atoms with Crippen molar-refractivity contribution in [1.82, 2.24) is 9.99 Å². The molecule has 2 N–H and O–H groups in total. The van der Waals surface area contributed by atoms with Crippen molar-refractivity contribution >= 4 is 14.6 Å². The Labute approximate surface area is 157 Å². The van der Waals surface area contributed by atoms with Gasteiger partial charge in [0.15, 0.2) is 0 Å². The molecular formula is C16H32N3O6P. The fraction of sp³-hybridized carbons (Fsp3) is 0.875. The molecular weight excluding hydrogens is 361 g/mol. The molecule has 0 aliphatic rings. The highest BCUT2D eigenvalue weighted by Crippen LogP contribution is 2.45. The first-order chi connectivity index (χ1) is 12.4. The van der Waals surface area contributed by atoms with E-state index >= 15 is 0 Å². The van der Waals surface area contributed by atoms with E-state index in [4.69, 9.17) is 28.9 Å². The van der Waals surface area contributed by atoms with E-state index in [-0.39, 0.29) is 18.6 Å². The van der Waals surface area contributed by atoms with Crippen molar-refractivity contribution in [3.05, 3.63) is 0 Å². The zero-order valence-electron chi connectivity index (χ0n) is 16.1. The van der Waals surface area contributed by atoms with Crippen molar-refractivity contribution in [1.29, 1.82) is 5.26 Å². The van der Waals surface area contributed by atoms with Gasteiger partial charge in [0, 0.05) is 18.6 Å². The quantitative estimate of drug-likeness (QED) is 0.304. The number of rotatable bonds is 16. The lowest BCUT2D eigenvalue weighted by molar-refractivity contribution is 0.0344. The number of nitrogens with one attached hydrogen (secondary N) is 1. The average Bonchev–Trinajstić information content (AvgIpc) is 2.55. The van der Waals surface area contributed by atoms with E-state index in [2.05, 4.69) is 43.8 Å². The zero-order chi connectivity index (χ0) is 19.8. The van der Waals surface area contributed by atoms with Crippen molar-refractivity contribution in [2.75, 3.05) is 46.2 Å². The Balaban J connectivity index is 3.98. The zero-order valence-corrected chi connectivity index (χ0v) is 17.0. The molecule has 0 radical (unpaired) electrons. The molecule has 0 bridgehead atoms. The van der Waals surface area contributed by atoms with Crippen molar-refractivity contribution in [3.8, 4) is 6.07 Å². The maximum atomic E-state index is 10.2. The van der Waals surface area contributed by atoms with E-state index < -0.39 is 14.6 Å². The van der Waals surface area contributed by atoms with Crippen LogP contribution in [0.4, 0.5) is 4.79 Å². The highest BCUT2D eigenvalue weighted by atomic mass is 31.2. The van der Waals surface area contributed by atoms with Gasteiger partial charge in [0.25, 0.3) is 8.53 Å². The summed E-state index contributed by atoms with van der Waals surface area (Å²) in [7, 11) is -1.25. The molecule has 0 spiro atoms. The Hall–Kier alpha value is -1.01. The second-order valence-electron chi connectivity index (χ2n) is 5.84. The van der Waals surface area contributed by atoms with Gasteiger partial charge in [0.05, 0.1) is 52.1 Å². The highest BCUT2D eigenvalue weighted by molar-refractivity contribution is 7.44. The van der Waals surface area contributed by atoms with Crippen LogP contribution in [0.2, 0.25) is 0 Å². The molecule has 0 fully saturated rings. The standard InChI is InChI=1S/C16H32N3O6P/c1-14(2)19(15(3)4)26(24-8-5-6-17)25-13-12-23-11-10-22-9-7-18-16(20)21/h14-15,18H,5,7-13H2,1-4H3,(H,20,21). The highest BCUT2D eigenvalue weighted by Gasteiger charge is 2.26. The summed E-state index contributed by atoms with van der Waals surface area (Å²) in [4.78, 5) is 10.2. The van der Waals surface area contributed by atoms with Gasteiger partial charge in [-0.2, -0.15) is 5.26 Å². The van der Waals surface area contributed by atoms with Gasteiger partial charge in [-0.3, -0.25) is 0 Å². The molecule has 152 valence electrons.